The molecule has 100 valence electrons. The molecule has 0 spiro atoms. The number of carbonyl (C=O) groups excluding carboxylic acids is 1. The molecule has 0 unspecified atom stereocenters. The summed E-state index contributed by atoms with van der Waals surface area (Å²) in [6.45, 7) is 1.69. The summed E-state index contributed by atoms with van der Waals surface area (Å²) in [5.41, 5.74) is 4.65. The van der Waals surface area contributed by atoms with E-state index in [1.54, 1.807) is 6.92 Å². The van der Waals surface area contributed by atoms with Crippen molar-refractivity contribution < 1.29 is 18.0 Å². The Kier molecular flexibility index (Phi) is 4.76. The number of amides is 1. The van der Waals surface area contributed by atoms with Gasteiger partial charge in [0.25, 0.3) is 5.92 Å². The summed E-state index contributed by atoms with van der Waals surface area (Å²) < 4.78 is 40.4. The van der Waals surface area contributed by atoms with Gasteiger partial charge in [0.15, 0.2) is 0 Å². The van der Waals surface area contributed by atoms with E-state index in [-0.39, 0.29) is 24.3 Å². The lowest BCUT2D eigenvalue weighted by molar-refractivity contribution is -0.119. The molecule has 1 rings (SSSR count). The van der Waals surface area contributed by atoms with E-state index in [2.05, 4.69) is 0 Å². The van der Waals surface area contributed by atoms with Crippen LogP contribution in [0, 0.1) is 11.7 Å². The average molecular weight is 259 g/mol. The zero-order valence-corrected chi connectivity index (χ0v) is 10.1. The van der Waals surface area contributed by atoms with Crippen LogP contribution in [0.4, 0.5) is 13.2 Å². The maximum atomic E-state index is 13.8. The predicted molar refractivity (Wildman–Crippen MR) is 62.5 cm³/mol. The van der Waals surface area contributed by atoms with Crippen LogP contribution >= 0.6 is 0 Å². The molecule has 0 aliphatic heterocycles. The van der Waals surface area contributed by atoms with E-state index >= 15 is 0 Å². The van der Waals surface area contributed by atoms with E-state index in [1.807, 2.05) is 0 Å². The summed E-state index contributed by atoms with van der Waals surface area (Å²) in [6, 6.07) is 4.40. The van der Waals surface area contributed by atoms with Crippen LogP contribution in [0.3, 0.4) is 0 Å². The number of hydrogen-bond donors (Lipinski definition) is 1. The summed E-state index contributed by atoms with van der Waals surface area (Å²) in [6.07, 6.45) is -0.184. The number of hydrogen-bond acceptors (Lipinski definition) is 1. The Morgan fingerprint density at radius 1 is 1.44 bits per heavy atom. The summed E-state index contributed by atoms with van der Waals surface area (Å²) >= 11 is 0. The second-order valence-corrected chi connectivity index (χ2v) is 4.53. The fourth-order valence-electron chi connectivity index (χ4n) is 1.73. The van der Waals surface area contributed by atoms with E-state index in [1.165, 1.54) is 12.1 Å². The summed E-state index contributed by atoms with van der Waals surface area (Å²) in [5.74, 6) is -4.48. The first-order valence-electron chi connectivity index (χ1n) is 5.73. The lowest BCUT2D eigenvalue weighted by Crippen LogP contribution is -2.18. The smallest absolute Gasteiger partial charge is 0.273 e. The third-order valence-electron chi connectivity index (χ3n) is 2.75. The van der Waals surface area contributed by atoms with Gasteiger partial charge in [-0.05, 0) is 24.5 Å². The number of benzene rings is 1. The van der Waals surface area contributed by atoms with Crippen LogP contribution in [-0.2, 0) is 10.7 Å². The first kappa shape index (κ1) is 14.5. The van der Waals surface area contributed by atoms with Gasteiger partial charge in [-0.2, -0.15) is 0 Å². The van der Waals surface area contributed by atoms with Crippen molar-refractivity contribution in [2.24, 2.45) is 11.7 Å². The molecule has 1 aromatic rings. The van der Waals surface area contributed by atoms with Gasteiger partial charge in [-0.15, -0.1) is 0 Å². The quantitative estimate of drug-likeness (QED) is 0.837. The molecule has 0 heterocycles. The van der Waals surface area contributed by atoms with Crippen LogP contribution < -0.4 is 5.73 Å². The van der Waals surface area contributed by atoms with Crippen molar-refractivity contribution in [1.29, 1.82) is 0 Å². The van der Waals surface area contributed by atoms with E-state index in [0.717, 1.165) is 12.1 Å². The predicted octanol–water partition coefficient (Wildman–Crippen LogP) is 3.21. The molecule has 5 heteroatoms. The highest BCUT2D eigenvalue weighted by Gasteiger charge is 2.31. The highest BCUT2D eigenvalue weighted by molar-refractivity contribution is 5.73. The molecule has 0 saturated carbocycles. The van der Waals surface area contributed by atoms with Crippen molar-refractivity contribution in [3.05, 3.63) is 35.6 Å². The van der Waals surface area contributed by atoms with Gasteiger partial charge in [-0.3, -0.25) is 4.79 Å². The Bertz CT molecular complexity index is 420. The Hall–Kier alpha value is -1.52. The highest BCUT2D eigenvalue weighted by Crippen LogP contribution is 2.34. The third kappa shape index (κ3) is 4.39. The Balaban J connectivity index is 2.62. The number of primary amides is 1. The van der Waals surface area contributed by atoms with Crippen LogP contribution in [-0.4, -0.2) is 5.91 Å². The molecule has 0 bridgehead atoms. The molecule has 1 atom stereocenters. The summed E-state index contributed by atoms with van der Waals surface area (Å²) in [7, 11) is 0. The number of halogens is 3. The Labute approximate surface area is 104 Å². The van der Waals surface area contributed by atoms with Gasteiger partial charge < -0.3 is 5.73 Å². The standard InChI is InChI=1S/C13H16F3NO/c1-9(7-12(17)18)5-6-13(15,16)10-3-2-4-11(14)8-10/h2-4,8-9H,5-7H2,1H3,(H2,17,18)/t9-/m1/s1. The second-order valence-electron chi connectivity index (χ2n) is 4.53. The van der Waals surface area contributed by atoms with Gasteiger partial charge in [0.2, 0.25) is 5.91 Å². The molecule has 1 amide bonds. The second kappa shape index (κ2) is 5.89. The molecule has 0 saturated heterocycles. The van der Waals surface area contributed by atoms with Crippen molar-refractivity contribution in [1.82, 2.24) is 0 Å². The molecule has 18 heavy (non-hydrogen) atoms. The minimum atomic E-state index is -3.09. The third-order valence-corrected chi connectivity index (χ3v) is 2.75. The van der Waals surface area contributed by atoms with Crippen LogP contribution in [0.2, 0.25) is 0 Å². The molecule has 0 aliphatic rings. The van der Waals surface area contributed by atoms with E-state index in [4.69, 9.17) is 5.73 Å². The molecule has 1 aromatic carbocycles. The van der Waals surface area contributed by atoms with Crippen LogP contribution in [0.5, 0.6) is 0 Å². The molecule has 2 N–H and O–H groups in total. The topological polar surface area (TPSA) is 43.1 Å². The number of alkyl halides is 2. The van der Waals surface area contributed by atoms with Crippen LogP contribution in [0.1, 0.15) is 31.7 Å². The van der Waals surface area contributed by atoms with Gasteiger partial charge in [-0.25, -0.2) is 13.2 Å². The average Bonchev–Trinajstić information content (AvgIpc) is 2.26. The van der Waals surface area contributed by atoms with Crippen molar-refractivity contribution in [2.45, 2.75) is 32.1 Å². The zero-order valence-electron chi connectivity index (χ0n) is 10.1. The number of carbonyl (C=O) groups is 1. The van der Waals surface area contributed by atoms with Gasteiger partial charge in [-0.1, -0.05) is 19.1 Å². The molecule has 0 aromatic heterocycles. The highest BCUT2D eigenvalue weighted by atomic mass is 19.3. The lowest BCUT2D eigenvalue weighted by atomic mass is 9.95. The monoisotopic (exact) mass is 259 g/mol. The van der Waals surface area contributed by atoms with Gasteiger partial charge in [0.1, 0.15) is 5.82 Å². The zero-order chi connectivity index (χ0) is 13.8. The van der Waals surface area contributed by atoms with Crippen molar-refractivity contribution in [2.75, 3.05) is 0 Å². The fraction of sp³-hybridized carbons (Fsp3) is 0.462. The maximum absolute atomic E-state index is 13.8. The summed E-state index contributed by atoms with van der Waals surface area (Å²) in [5, 5.41) is 0. The minimum Gasteiger partial charge on any atom is -0.370 e. The van der Waals surface area contributed by atoms with Crippen LogP contribution in [0.15, 0.2) is 24.3 Å². The van der Waals surface area contributed by atoms with E-state index < -0.39 is 24.1 Å². The first-order valence-corrected chi connectivity index (χ1v) is 5.73. The SMILES string of the molecule is C[C@H](CCC(F)(F)c1cccc(F)c1)CC(N)=O. The normalized spacial score (nSPS) is 13.3. The fourth-order valence-corrected chi connectivity index (χ4v) is 1.73. The van der Waals surface area contributed by atoms with Crippen LogP contribution in [0.25, 0.3) is 0 Å². The van der Waals surface area contributed by atoms with Crippen molar-refractivity contribution >= 4 is 5.91 Å². The van der Waals surface area contributed by atoms with E-state index in [0.29, 0.717) is 0 Å². The maximum Gasteiger partial charge on any atom is 0.273 e. The summed E-state index contributed by atoms with van der Waals surface area (Å²) in [4.78, 5) is 10.6. The largest absolute Gasteiger partial charge is 0.370 e. The molecule has 0 fully saturated rings. The molecule has 2 nitrogen and oxygen atoms in total. The Morgan fingerprint density at radius 2 is 2.11 bits per heavy atom. The van der Waals surface area contributed by atoms with Gasteiger partial charge >= 0.3 is 0 Å². The number of nitrogens with two attached hydrogens (primary N) is 1. The van der Waals surface area contributed by atoms with Crippen molar-refractivity contribution in [3.63, 3.8) is 0 Å². The molecule has 0 radical (unpaired) electrons. The van der Waals surface area contributed by atoms with Gasteiger partial charge in [0, 0.05) is 18.4 Å². The minimum absolute atomic E-state index is 0.0826. The first-order chi connectivity index (χ1) is 8.31. The molecular formula is C13H16F3NO. The lowest BCUT2D eigenvalue weighted by Gasteiger charge is -2.18. The Morgan fingerprint density at radius 3 is 2.67 bits per heavy atom. The van der Waals surface area contributed by atoms with Gasteiger partial charge in [0.05, 0.1) is 0 Å². The molecule has 0 aliphatic carbocycles. The number of rotatable bonds is 6. The molecular weight excluding hydrogens is 243 g/mol. The van der Waals surface area contributed by atoms with E-state index in [9.17, 15) is 18.0 Å². The van der Waals surface area contributed by atoms with Crippen molar-refractivity contribution in [3.8, 4) is 0 Å².